The number of aliphatic hydroxyl groups is 2. The molecule has 5 rings (SSSR count). The number of carbonyl (C=O) groups excluding carboxylic acids is 1. The Morgan fingerprint density at radius 3 is 2.58 bits per heavy atom. The molecule has 2 aliphatic carbocycles. The highest BCUT2D eigenvalue weighted by Crippen LogP contribution is 2.44. The van der Waals surface area contributed by atoms with Crippen LogP contribution in [0.25, 0.3) is 11.2 Å². The zero-order chi connectivity index (χ0) is 28.6. The molecule has 2 saturated carbocycles. The number of amides is 1. The van der Waals surface area contributed by atoms with Gasteiger partial charge in [-0.2, -0.15) is 0 Å². The monoisotopic (exact) mass is 581 g/mol. The zero-order valence-corrected chi connectivity index (χ0v) is 22.6. The summed E-state index contributed by atoms with van der Waals surface area (Å²) in [7, 11) is 0. The van der Waals surface area contributed by atoms with Crippen LogP contribution < -0.4 is 15.4 Å². The number of aromatic nitrogens is 5. The highest BCUT2D eigenvalue weighted by molar-refractivity contribution is 7.99. The van der Waals surface area contributed by atoms with Gasteiger partial charge >= 0.3 is 6.36 Å². The summed E-state index contributed by atoms with van der Waals surface area (Å²) >= 11 is 1.46. The Balaban J connectivity index is 1.38. The molecule has 11 nitrogen and oxygen atoms in total. The van der Waals surface area contributed by atoms with Gasteiger partial charge in [-0.1, -0.05) is 36.0 Å². The van der Waals surface area contributed by atoms with E-state index in [1.165, 1.54) is 28.6 Å². The van der Waals surface area contributed by atoms with E-state index in [2.05, 4.69) is 35.7 Å². The summed E-state index contributed by atoms with van der Waals surface area (Å²) in [5, 5.41) is 36.4. The van der Waals surface area contributed by atoms with Crippen molar-refractivity contribution in [2.24, 2.45) is 5.92 Å². The normalized spacial score (nSPS) is 26.2. The number of nitrogens with zero attached hydrogens (tertiary/aromatic N) is 5. The number of alkyl halides is 3. The lowest BCUT2D eigenvalue weighted by atomic mass is 10.0. The van der Waals surface area contributed by atoms with Crippen LogP contribution in [0.4, 0.5) is 19.0 Å². The van der Waals surface area contributed by atoms with E-state index in [0.717, 1.165) is 24.2 Å². The number of halogens is 3. The van der Waals surface area contributed by atoms with Gasteiger partial charge in [0.25, 0.3) is 0 Å². The standard InChI is InChI=1S/C25H30F3N7O4S/c1-3-9-40-24-31-21(30-16-10-14(16)12-5-7-13(8-6-12)39-25(26,27)28)18-22(32-24)35(34-33-18)17-11-15(19(36)20(17)37)23(38)29-4-2/h5-8,14-17,19-20,36-37H,3-4,9-11H2,1-2H3,(H,29,38)(H,30,31,32)/t14?,15-,16?,17+,19+,20-/m1/s1. The van der Waals surface area contributed by atoms with Crippen LogP contribution in [-0.2, 0) is 4.79 Å². The molecule has 3 aromatic rings. The molecule has 0 bridgehead atoms. The fourth-order valence-electron chi connectivity index (χ4n) is 5.02. The van der Waals surface area contributed by atoms with Crippen LogP contribution in [0.3, 0.4) is 0 Å². The van der Waals surface area contributed by atoms with Gasteiger partial charge in [-0.25, -0.2) is 14.6 Å². The van der Waals surface area contributed by atoms with Gasteiger partial charge in [0.1, 0.15) is 11.9 Å². The van der Waals surface area contributed by atoms with E-state index in [0.29, 0.717) is 28.7 Å². The Bertz CT molecular complexity index is 1360. The first-order valence-electron chi connectivity index (χ1n) is 13.1. The number of anilines is 1. The molecule has 0 spiro atoms. The number of hydrogen-bond donors (Lipinski definition) is 4. The number of carbonyl (C=O) groups is 1. The first-order chi connectivity index (χ1) is 19.1. The molecule has 2 fully saturated rings. The van der Waals surface area contributed by atoms with Gasteiger partial charge < -0.3 is 25.6 Å². The second-order valence-corrected chi connectivity index (χ2v) is 11.0. The van der Waals surface area contributed by atoms with Gasteiger partial charge in [-0.3, -0.25) is 4.79 Å². The Morgan fingerprint density at radius 1 is 1.15 bits per heavy atom. The quantitative estimate of drug-likeness (QED) is 0.208. The predicted molar refractivity (Wildman–Crippen MR) is 140 cm³/mol. The SMILES string of the molecule is CCCSc1nc(NC2CC2c2ccc(OC(F)(F)F)cc2)c2nnn([C@H]3C[C@@H](C(=O)NCC)[C@H](O)[C@@H]3O)c2n1. The fourth-order valence-corrected chi connectivity index (χ4v) is 5.72. The van der Waals surface area contributed by atoms with Crippen molar-refractivity contribution in [3.05, 3.63) is 29.8 Å². The average molecular weight is 582 g/mol. The third-order valence-corrected chi connectivity index (χ3v) is 8.10. The Morgan fingerprint density at radius 2 is 1.90 bits per heavy atom. The van der Waals surface area contributed by atoms with Crippen molar-refractivity contribution in [3.8, 4) is 5.75 Å². The highest BCUT2D eigenvalue weighted by atomic mass is 32.2. The molecule has 216 valence electrons. The average Bonchev–Trinajstić information content (AvgIpc) is 3.43. The second kappa shape index (κ2) is 11.4. The van der Waals surface area contributed by atoms with Crippen LogP contribution in [0, 0.1) is 5.92 Å². The number of hydrogen-bond acceptors (Lipinski definition) is 10. The molecular formula is C25H30F3N7O4S. The summed E-state index contributed by atoms with van der Waals surface area (Å²) in [6, 6.07) is 5.05. The summed E-state index contributed by atoms with van der Waals surface area (Å²) in [6.07, 6.45) is -5.46. The molecular weight excluding hydrogens is 551 g/mol. The highest BCUT2D eigenvalue weighted by Gasteiger charge is 2.47. The topological polar surface area (TPSA) is 147 Å². The molecule has 2 unspecified atom stereocenters. The molecule has 40 heavy (non-hydrogen) atoms. The molecule has 4 N–H and O–H groups in total. The summed E-state index contributed by atoms with van der Waals surface area (Å²) in [4.78, 5) is 21.7. The van der Waals surface area contributed by atoms with Crippen molar-refractivity contribution >= 4 is 34.7 Å². The Labute approximate surface area is 231 Å². The smallest absolute Gasteiger partial charge is 0.406 e. The second-order valence-electron chi connectivity index (χ2n) is 9.90. The third-order valence-electron chi connectivity index (χ3n) is 7.05. The number of rotatable bonds is 10. The van der Waals surface area contributed by atoms with E-state index in [1.54, 1.807) is 19.1 Å². The summed E-state index contributed by atoms with van der Waals surface area (Å²) in [5.41, 5.74) is 1.61. The number of fused-ring (bicyclic) bond motifs is 1. The number of thioether (sulfide) groups is 1. The summed E-state index contributed by atoms with van der Waals surface area (Å²) in [5.74, 6) is -0.136. The van der Waals surface area contributed by atoms with Crippen molar-refractivity contribution in [1.82, 2.24) is 30.3 Å². The molecule has 15 heteroatoms. The van der Waals surface area contributed by atoms with Crippen molar-refractivity contribution in [1.29, 1.82) is 0 Å². The maximum absolute atomic E-state index is 12.5. The molecule has 0 saturated heterocycles. The zero-order valence-electron chi connectivity index (χ0n) is 21.8. The van der Waals surface area contributed by atoms with E-state index in [4.69, 9.17) is 0 Å². The molecule has 2 aromatic heterocycles. The molecule has 1 amide bonds. The summed E-state index contributed by atoms with van der Waals surface area (Å²) < 4.78 is 42.8. The number of ether oxygens (including phenoxy) is 1. The van der Waals surface area contributed by atoms with E-state index in [-0.39, 0.29) is 30.0 Å². The minimum atomic E-state index is -4.75. The summed E-state index contributed by atoms with van der Waals surface area (Å²) in [6.45, 7) is 4.22. The molecule has 6 atom stereocenters. The van der Waals surface area contributed by atoms with E-state index in [9.17, 15) is 28.2 Å². The van der Waals surface area contributed by atoms with Gasteiger partial charge in [-0.15, -0.1) is 18.3 Å². The fraction of sp³-hybridized carbons (Fsp3) is 0.560. The van der Waals surface area contributed by atoms with Crippen LogP contribution in [0.15, 0.2) is 29.4 Å². The first kappa shape index (κ1) is 28.4. The van der Waals surface area contributed by atoms with Gasteiger partial charge in [-0.05, 0) is 43.9 Å². The minimum absolute atomic E-state index is 0.0392. The van der Waals surface area contributed by atoms with Crippen molar-refractivity contribution in [2.75, 3.05) is 17.6 Å². The van der Waals surface area contributed by atoms with E-state index < -0.39 is 30.5 Å². The lowest BCUT2D eigenvalue weighted by Gasteiger charge is -2.17. The number of benzene rings is 1. The van der Waals surface area contributed by atoms with Crippen molar-refractivity contribution < 1.29 is 32.9 Å². The predicted octanol–water partition coefficient (Wildman–Crippen LogP) is 3.01. The van der Waals surface area contributed by atoms with E-state index >= 15 is 0 Å². The van der Waals surface area contributed by atoms with Crippen LogP contribution in [0.2, 0.25) is 0 Å². The molecule has 0 radical (unpaired) electrons. The lowest BCUT2D eigenvalue weighted by Crippen LogP contribution is -2.38. The van der Waals surface area contributed by atoms with Gasteiger partial charge in [0.2, 0.25) is 5.91 Å². The van der Waals surface area contributed by atoms with E-state index in [1.807, 2.05) is 6.92 Å². The minimum Gasteiger partial charge on any atom is -0.406 e. The van der Waals surface area contributed by atoms with Gasteiger partial charge in [0.15, 0.2) is 22.1 Å². The third kappa shape index (κ3) is 5.95. The van der Waals surface area contributed by atoms with Crippen LogP contribution in [0.1, 0.15) is 50.6 Å². The molecule has 2 aliphatic rings. The maximum atomic E-state index is 12.5. The van der Waals surface area contributed by atoms with Crippen LogP contribution >= 0.6 is 11.8 Å². The largest absolute Gasteiger partial charge is 0.573 e. The van der Waals surface area contributed by atoms with Gasteiger partial charge in [0, 0.05) is 24.3 Å². The Kier molecular flexibility index (Phi) is 8.06. The maximum Gasteiger partial charge on any atom is 0.573 e. The van der Waals surface area contributed by atoms with Crippen molar-refractivity contribution in [3.63, 3.8) is 0 Å². The van der Waals surface area contributed by atoms with Crippen LogP contribution in [-0.4, -0.2) is 78.0 Å². The van der Waals surface area contributed by atoms with Crippen molar-refractivity contribution in [2.45, 2.75) is 74.8 Å². The van der Waals surface area contributed by atoms with Gasteiger partial charge in [0.05, 0.1) is 18.1 Å². The van der Waals surface area contributed by atoms with Crippen LogP contribution in [0.5, 0.6) is 5.75 Å². The first-order valence-corrected chi connectivity index (χ1v) is 14.1. The Hall–Kier alpha value is -3.17. The lowest BCUT2D eigenvalue weighted by molar-refractivity contribution is -0.274. The number of nitrogens with one attached hydrogen (secondary N) is 2. The molecule has 1 aromatic carbocycles. The molecule has 0 aliphatic heterocycles. The molecule has 2 heterocycles. The number of aliphatic hydroxyl groups excluding tert-OH is 2.